The Balaban J connectivity index is 0.000000245. The Labute approximate surface area is 216 Å². The highest BCUT2D eigenvalue weighted by Crippen LogP contribution is 2.31. The van der Waals surface area contributed by atoms with Gasteiger partial charge in [0.25, 0.3) is 0 Å². The highest BCUT2D eigenvalue weighted by molar-refractivity contribution is 5.68. The minimum Gasteiger partial charge on any atom is -0.338 e. The van der Waals surface area contributed by atoms with Crippen LogP contribution >= 0.6 is 0 Å². The van der Waals surface area contributed by atoms with E-state index in [1.165, 1.54) is 30.4 Å². The number of nitrogens with one attached hydrogen (secondary N) is 2. The van der Waals surface area contributed by atoms with E-state index < -0.39 is 0 Å². The number of carbonyl (C=O) groups is 1. The zero-order chi connectivity index (χ0) is 26.4. The number of hydrogen-bond acceptors (Lipinski definition) is 9. The average molecular weight is 503 g/mol. The molecule has 0 fully saturated rings. The maximum absolute atomic E-state index is 10.2. The van der Waals surface area contributed by atoms with E-state index in [1.807, 2.05) is 40.1 Å². The van der Waals surface area contributed by atoms with E-state index in [2.05, 4.69) is 61.1 Å². The Morgan fingerprint density at radius 1 is 1.16 bits per heavy atom. The zero-order valence-corrected chi connectivity index (χ0v) is 22.0. The van der Waals surface area contributed by atoms with E-state index in [4.69, 9.17) is 4.52 Å². The van der Waals surface area contributed by atoms with Gasteiger partial charge in [0.2, 0.25) is 17.7 Å². The number of carbonyl (C=O) groups excluding carboxylic acids is 1. The van der Waals surface area contributed by atoms with E-state index >= 15 is 0 Å². The molecule has 10 heteroatoms. The molecule has 10 nitrogen and oxygen atoms in total. The molecule has 194 valence electrons. The Morgan fingerprint density at radius 2 is 2.00 bits per heavy atom. The highest BCUT2D eigenvalue weighted by atomic mass is 16.5. The van der Waals surface area contributed by atoms with E-state index in [9.17, 15) is 4.79 Å². The monoisotopic (exact) mass is 502 g/mol. The summed E-state index contributed by atoms with van der Waals surface area (Å²) in [5.74, 6) is 1.17. The molecule has 1 atom stereocenters. The number of hydrogen-bond donors (Lipinski definition) is 2. The van der Waals surface area contributed by atoms with E-state index in [0.29, 0.717) is 24.2 Å². The fourth-order valence-corrected chi connectivity index (χ4v) is 4.22. The van der Waals surface area contributed by atoms with Gasteiger partial charge in [0.1, 0.15) is 0 Å². The Bertz CT molecular complexity index is 1340. The van der Waals surface area contributed by atoms with Crippen LogP contribution in [0, 0.1) is 0 Å². The molecule has 0 saturated heterocycles. The second-order valence-electron chi connectivity index (χ2n) is 10.1. The largest absolute Gasteiger partial charge is 0.338 e. The maximum atomic E-state index is 10.2. The normalized spacial score (nSPS) is 15.2. The molecule has 1 aromatic carbocycles. The van der Waals surface area contributed by atoms with Crippen molar-refractivity contribution in [2.24, 2.45) is 7.05 Å². The van der Waals surface area contributed by atoms with Gasteiger partial charge in [-0.1, -0.05) is 44.5 Å². The number of aryl methyl sites for hydroxylation is 2. The molecule has 2 N–H and O–H groups in total. The summed E-state index contributed by atoms with van der Waals surface area (Å²) in [6, 6.07) is 9.14. The van der Waals surface area contributed by atoms with Crippen molar-refractivity contribution in [2.45, 2.75) is 57.9 Å². The standard InChI is InChI=1S/C20H24N6.C7H10N2O2/c1-21-19-6-4-3-5-14-11-15(7-8-17(14)19)18-9-10-22-20(25-18)24-16-12-23-26(2)13-16;1-7(2,3)6-8-5(4-10)9-11-6/h7-13,19,21H,3-6H2,1-2H3,(H,22,24,25);4H,1-3H3. The third-order valence-electron chi connectivity index (χ3n) is 6.16. The lowest BCUT2D eigenvalue weighted by molar-refractivity contribution is 0.111. The first kappa shape index (κ1) is 26.2. The predicted octanol–water partition coefficient (Wildman–Crippen LogP) is 4.79. The lowest BCUT2D eigenvalue weighted by Gasteiger charge is -2.17. The second kappa shape index (κ2) is 11.4. The molecular formula is C27H34N8O2. The first-order chi connectivity index (χ1) is 17.8. The summed E-state index contributed by atoms with van der Waals surface area (Å²) in [7, 11) is 3.94. The van der Waals surface area contributed by atoms with Gasteiger partial charge in [-0.2, -0.15) is 10.1 Å². The SMILES string of the molecule is CC(C)(C)c1nc(C=O)no1.CNC1CCCCc2cc(-c3ccnc(Nc4cnn(C)c4)n3)ccc21. The van der Waals surface area contributed by atoms with Gasteiger partial charge < -0.3 is 15.2 Å². The van der Waals surface area contributed by atoms with Crippen molar-refractivity contribution in [1.82, 2.24) is 35.2 Å². The quantitative estimate of drug-likeness (QED) is 0.293. The van der Waals surface area contributed by atoms with Crippen LogP contribution in [0.5, 0.6) is 0 Å². The number of aromatic nitrogens is 6. The number of benzene rings is 1. The Hall–Kier alpha value is -3.92. The van der Waals surface area contributed by atoms with Crippen molar-refractivity contribution in [3.8, 4) is 11.3 Å². The smallest absolute Gasteiger partial charge is 0.235 e. The van der Waals surface area contributed by atoms with Gasteiger partial charge in [-0.15, -0.1) is 0 Å². The summed E-state index contributed by atoms with van der Waals surface area (Å²) in [5, 5.41) is 14.3. The van der Waals surface area contributed by atoms with Crippen LogP contribution in [0.25, 0.3) is 11.3 Å². The third-order valence-corrected chi connectivity index (χ3v) is 6.16. The van der Waals surface area contributed by atoms with Crippen LogP contribution in [0.1, 0.15) is 73.7 Å². The second-order valence-corrected chi connectivity index (χ2v) is 10.1. The van der Waals surface area contributed by atoms with Crippen molar-refractivity contribution in [2.75, 3.05) is 12.4 Å². The Morgan fingerprint density at radius 3 is 2.65 bits per heavy atom. The summed E-state index contributed by atoms with van der Waals surface area (Å²) in [4.78, 5) is 23.0. The topological polar surface area (TPSA) is 124 Å². The van der Waals surface area contributed by atoms with E-state index in [-0.39, 0.29) is 11.2 Å². The molecular weight excluding hydrogens is 468 g/mol. The lowest BCUT2D eigenvalue weighted by Crippen LogP contribution is -2.16. The van der Waals surface area contributed by atoms with Crippen molar-refractivity contribution < 1.29 is 9.32 Å². The molecule has 3 aromatic heterocycles. The van der Waals surface area contributed by atoms with Crippen LogP contribution in [0.4, 0.5) is 11.6 Å². The van der Waals surface area contributed by atoms with Crippen molar-refractivity contribution in [1.29, 1.82) is 0 Å². The fourth-order valence-electron chi connectivity index (χ4n) is 4.22. The van der Waals surface area contributed by atoms with Gasteiger partial charge in [-0.05, 0) is 49.6 Å². The van der Waals surface area contributed by atoms with Gasteiger partial charge in [0.05, 0.1) is 17.6 Å². The molecule has 5 rings (SSSR count). The summed E-state index contributed by atoms with van der Waals surface area (Å²) in [5.41, 5.74) is 5.62. The number of aldehydes is 1. The van der Waals surface area contributed by atoms with Crippen molar-refractivity contribution in [3.63, 3.8) is 0 Å². The van der Waals surface area contributed by atoms with Gasteiger partial charge in [-0.3, -0.25) is 9.48 Å². The molecule has 0 saturated carbocycles. The molecule has 0 aliphatic heterocycles. The molecule has 1 unspecified atom stereocenters. The minimum atomic E-state index is -0.186. The first-order valence-electron chi connectivity index (χ1n) is 12.5. The molecule has 0 bridgehead atoms. The van der Waals surface area contributed by atoms with Gasteiger partial charge in [0.15, 0.2) is 6.29 Å². The van der Waals surface area contributed by atoms with Crippen molar-refractivity contribution >= 4 is 17.9 Å². The van der Waals surface area contributed by atoms with Crippen LogP contribution in [0.2, 0.25) is 0 Å². The van der Waals surface area contributed by atoms with Crippen LogP contribution < -0.4 is 10.6 Å². The van der Waals surface area contributed by atoms with Gasteiger partial charge >= 0.3 is 0 Å². The average Bonchev–Trinajstić information content (AvgIpc) is 3.48. The third kappa shape index (κ3) is 6.65. The highest BCUT2D eigenvalue weighted by Gasteiger charge is 2.21. The molecule has 1 aliphatic rings. The van der Waals surface area contributed by atoms with Crippen molar-refractivity contribution in [3.05, 3.63) is 65.7 Å². The van der Waals surface area contributed by atoms with Crippen LogP contribution in [0.3, 0.4) is 0 Å². The molecule has 3 heterocycles. The summed E-state index contributed by atoms with van der Waals surface area (Å²) < 4.78 is 6.57. The van der Waals surface area contributed by atoms with Crippen LogP contribution in [-0.2, 0) is 18.9 Å². The first-order valence-corrected chi connectivity index (χ1v) is 12.5. The number of rotatable bonds is 5. The molecule has 0 radical (unpaired) electrons. The predicted molar refractivity (Wildman–Crippen MR) is 142 cm³/mol. The van der Waals surface area contributed by atoms with Gasteiger partial charge in [-0.25, -0.2) is 9.97 Å². The fraction of sp³-hybridized carbons (Fsp3) is 0.407. The summed E-state index contributed by atoms with van der Waals surface area (Å²) >= 11 is 0. The van der Waals surface area contributed by atoms with Gasteiger partial charge in [0, 0.05) is 36.5 Å². The zero-order valence-electron chi connectivity index (χ0n) is 22.0. The minimum absolute atomic E-state index is 0.106. The lowest BCUT2D eigenvalue weighted by atomic mass is 9.96. The summed E-state index contributed by atoms with van der Waals surface area (Å²) in [6.45, 7) is 5.82. The Kier molecular flexibility index (Phi) is 8.08. The summed E-state index contributed by atoms with van der Waals surface area (Å²) in [6.07, 6.45) is 10.9. The van der Waals surface area contributed by atoms with Crippen LogP contribution in [-0.4, -0.2) is 43.2 Å². The molecule has 1 aliphatic carbocycles. The maximum Gasteiger partial charge on any atom is 0.235 e. The molecule has 37 heavy (non-hydrogen) atoms. The molecule has 0 amide bonds. The molecule has 0 spiro atoms. The number of anilines is 2. The molecule has 4 aromatic rings. The number of nitrogens with zero attached hydrogens (tertiary/aromatic N) is 6. The van der Waals surface area contributed by atoms with E-state index in [0.717, 1.165) is 23.4 Å². The number of fused-ring (bicyclic) bond motifs is 1. The van der Waals surface area contributed by atoms with Crippen LogP contribution in [0.15, 0.2) is 47.4 Å². The van der Waals surface area contributed by atoms with E-state index in [1.54, 1.807) is 17.1 Å².